The molecule has 3 aromatic rings. The normalized spacial score (nSPS) is 17.2. The molecule has 7 nitrogen and oxygen atoms in total. The van der Waals surface area contributed by atoms with Gasteiger partial charge in [0.1, 0.15) is 29.5 Å². The van der Waals surface area contributed by atoms with Gasteiger partial charge in [-0.05, 0) is 44.0 Å². The second kappa shape index (κ2) is 7.94. The van der Waals surface area contributed by atoms with Crippen molar-refractivity contribution in [3.63, 3.8) is 0 Å². The van der Waals surface area contributed by atoms with Crippen molar-refractivity contribution in [3.8, 4) is 0 Å². The maximum atomic E-state index is 14.4. The summed E-state index contributed by atoms with van der Waals surface area (Å²) in [7, 11) is 1.66. The fourth-order valence-corrected chi connectivity index (χ4v) is 3.69. The molecule has 0 amide bonds. The van der Waals surface area contributed by atoms with Gasteiger partial charge in [-0.25, -0.2) is 23.3 Å². The van der Waals surface area contributed by atoms with Crippen LogP contribution in [0.3, 0.4) is 0 Å². The van der Waals surface area contributed by atoms with Crippen molar-refractivity contribution >= 4 is 29.7 Å². The van der Waals surface area contributed by atoms with Crippen LogP contribution in [0.15, 0.2) is 46.8 Å². The van der Waals surface area contributed by atoms with E-state index in [-0.39, 0.29) is 6.04 Å². The molecule has 1 fully saturated rings. The Kier molecular flexibility index (Phi) is 5.20. The van der Waals surface area contributed by atoms with E-state index in [4.69, 9.17) is 4.98 Å². The molecule has 0 bridgehead atoms. The minimum Gasteiger partial charge on any atom is -0.349 e. The van der Waals surface area contributed by atoms with E-state index < -0.39 is 11.6 Å². The van der Waals surface area contributed by atoms with Gasteiger partial charge in [-0.2, -0.15) is 10.2 Å². The van der Waals surface area contributed by atoms with E-state index in [0.29, 0.717) is 29.3 Å². The molecule has 150 valence electrons. The molecule has 2 aromatic heterocycles. The zero-order valence-corrected chi connectivity index (χ0v) is 16.2. The lowest BCUT2D eigenvalue weighted by Crippen LogP contribution is -2.24. The standard InChI is InChI=1S/C20H21F2N7/c1-3-24-29(13-23-2)18-12-25-28-10-8-19(26-20(18)28)27-9-4-5-17(27)15-11-14(21)6-7-16(15)22/h3,6-8,10-13,17H,4-5,9H2,1-2H3/b23-13?,24-3-. The number of rotatable bonds is 5. The maximum Gasteiger partial charge on any atom is 0.183 e. The van der Waals surface area contributed by atoms with Crippen LogP contribution in [0.4, 0.5) is 20.3 Å². The zero-order valence-electron chi connectivity index (χ0n) is 16.2. The fourth-order valence-electron chi connectivity index (χ4n) is 3.69. The Morgan fingerprint density at radius 1 is 1.28 bits per heavy atom. The molecule has 0 aliphatic carbocycles. The smallest absolute Gasteiger partial charge is 0.183 e. The van der Waals surface area contributed by atoms with Gasteiger partial charge in [0, 0.05) is 31.6 Å². The molecule has 0 saturated carbocycles. The van der Waals surface area contributed by atoms with Crippen molar-refractivity contribution in [2.45, 2.75) is 25.8 Å². The first kappa shape index (κ1) is 19.0. The molecular weight excluding hydrogens is 376 g/mol. The molecule has 9 heteroatoms. The highest BCUT2D eigenvalue weighted by molar-refractivity contribution is 5.86. The third-order valence-electron chi connectivity index (χ3n) is 4.91. The topological polar surface area (TPSA) is 61.4 Å². The Hall–Kier alpha value is -3.36. The monoisotopic (exact) mass is 397 g/mol. The lowest BCUT2D eigenvalue weighted by molar-refractivity contribution is 0.560. The second-order valence-electron chi connectivity index (χ2n) is 6.69. The number of benzene rings is 1. The Balaban J connectivity index is 1.75. The summed E-state index contributed by atoms with van der Waals surface area (Å²) in [4.78, 5) is 10.8. The van der Waals surface area contributed by atoms with Crippen LogP contribution in [0.1, 0.15) is 31.4 Å². The van der Waals surface area contributed by atoms with Crippen molar-refractivity contribution in [1.29, 1.82) is 0 Å². The van der Waals surface area contributed by atoms with Crippen molar-refractivity contribution < 1.29 is 8.78 Å². The van der Waals surface area contributed by atoms with E-state index >= 15 is 0 Å². The summed E-state index contributed by atoms with van der Waals surface area (Å²) in [5, 5.41) is 10.2. The molecule has 3 heterocycles. The third-order valence-corrected chi connectivity index (χ3v) is 4.91. The van der Waals surface area contributed by atoms with Gasteiger partial charge >= 0.3 is 0 Å². The minimum atomic E-state index is -0.443. The number of hydrogen-bond acceptors (Lipinski definition) is 5. The fraction of sp³-hybridized carbons (Fsp3) is 0.300. The number of nitrogens with zero attached hydrogens (tertiary/aromatic N) is 7. The van der Waals surface area contributed by atoms with Crippen molar-refractivity contribution in [2.75, 3.05) is 23.5 Å². The first-order valence-corrected chi connectivity index (χ1v) is 9.38. The molecule has 1 unspecified atom stereocenters. The quantitative estimate of drug-likeness (QED) is 0.373. The van der Waals surface area contributed by atoms with E-state index in [2.05, 4.69) is 15.2 Å². The van der Waals surface area contributed by atoms with E-state index in [9.17, 15) is 8.78 Å². The van der Waals surface area contributed by atoms with Crippen molar-refractivity contribution in [3.05, 3.63) is 53.9 Å². The summed E-state index contributed by atoms with van der Waals surface area (Å²) in [6.07, 6.45) is 8.29. The van der Waals surface area contributed by atoms with Crippen LogP contribution in [-0.2, 0) is 0 Å². The van der Waals surface area contributed by atoms with E-state index in [0.717, 1.165) is 18.9 Å². The number of aliphatic imine (C=N–C) groups is 1. The van der Waals surface area contributed by atoms with Crippen molar-refractivity contribution in [2.24, 2.45) is 10.1 Å². The van der Waals surface area contributed by atoms with Gasteiger partial charge in [0.05, 0.1) is 12.2 Å². The largest absolute Gasteiger partial charge is 0.349 e. The molecule has 0 N–H and O–H groups in total. The van der Waals surface area contributed by atoms with Gasteiger partial charge in [0.25, 0.3) is 0 Å². The summed E-state index contributed by atoms with van der Waals surface area (Å²) in [6.45, 7) is 2.52. The van der Waals surface area contributed by atoms with Crippen LogP contribution in [0.5, 0.6) is 0 Å². The molecule has 1 aliphatic rings. The molecule has 1 saturated heterocycles. The Labute approximate surface area is 167 Å². The Morgan fingerprint density at radius 2 is 2.14 bits per heavy atom. The first-order valence-electron chi connectivity index (χ1n) is 9.38. The minimum absolute atomic E-state index is 0.269. The Morgan fingerprint density at radius 3 is 2.93 bits per heavy atom. The van der Waals surface area contributed by atoms with Crippen LogP contribution in [-0.4, -0.2) is 40.7 Å². The maximum absolute atomic E-state index is 14.4. The van der Waals surface area contributed by atoms with Gasteiger partial charge in [-0.1, -0.05) is 0 Å². The van der Waals surface area contributed by atoms with Gasteiger partial charge in [0.2, 0.25) is 0 Å². The summed E-state index contributed by atoms with van der Waals surface area (Å²) < 4.78 is 29.8. The van der Waals surface area contributed by atoms with Crippen molar-refractivity contribution in [1.82, 2.24) is 14.6 Å². The molecular formula is C20H21F2N7. The van der Waals surface area contributed by atoms with Crippen LogP contribution >= 0.6 is 0 Å². The number of aromatic nitrogens is 3. The molecule has 1 aliphatic heterocycles. The highest BCUT2D eigenvalue weighted by Crippen LogP contribution is 2.37. The predicted octanol–water partition coefficient (Wildman–Crippen LogP) is 3.82. The van der Waals surface area contributed by atoms with Gasteiger partial charge in [-0.15, -0.1) is 0 Å². The van der Waals surface area contributed by atoms with Gasteiger partial charge in [0.15, 0.2) is 5.65 Å². The van der Waals surface area contributed by atoms with E-state index in [1.807, 2.05) is 17.9 Å². The summed E-state index contributed by atoms with van der Waals surface area (Å²) in [6, 6.07) is 5.15. The van der Waals surface area contributed by atoms with Gasteiger partial charge < -0.3 is 4.90 Å². The number of anilines is 2. The summed E-state index contributed by atoms with van der Waals surface area (Å²) in [5.41, 5.74) is 1.62. The third kappa shape index (κ3) is 3.55. The number of halogens is 2. The van der Waals surface area contributed by atoms with E-state index in [1.165, 1.54) is 12.1 Å². The number of hydrazone groups is 1. The molecule has 1 aromatic carbocycles. The van der Waals surface area contributed by atoms with Crippen LogP contribution in [0, 0.1) is 11.6 Å². The molecule has 0 radical (unpaired) electrons. The molecule has 29 heavy (non-hydrogen) atoms. The molecule has 4 rings (SSSR count). The predicted molar refractivity (Wildman–Crippen MR) is 110 cm³/mol. The van der Waals surface area contributed by atoms with Crippen LogP contribution in [0.2, 0.25) is 0 Å². The highest BCUT2D eigenvalue weighted by atomic mass is 19.1. The van der Waals surface area contributed by atoms with Crippen LogP contribution in [0.25, 0.3) is 5.65 Å². The average molecular weight is 397 g/mol. The first-order chi connectivity index (χ1) is 14.1. The average Bonchev–Trinajstić information content (AvgIpc) is 3.36. The second-order valence-corrected chi connectivity index (χ2v) is 6.69. The molecule has 1 atom stereocenters. The molecule has 0 spiro atoms. The lowest BCUT2D eigenvalue weighted by atomic mass is 10.0. The SMILES string of the molecule is C/C=N\N(C=NC)c1cnn2ccc(N3CCCC3c3cc(F)ccc3F)nc12. The van der Waals surface area contributed by atoms with Crippen LogP contribution < -0.4 is 9.91 Å². The van der Waals surface area contributed by atoms with Gasteiger partial charge in [-0.3, -0.25) is 4.99 Å². The summed E-state index contributed by atoms with van der Waals surface area (Å²) in [5.74, 6) is -0.169. The number of hydrogen-bond donors (Lipinski definition) is 0. The zero-order chi connectivity index (χ0) is 20.4. The highest BCUT2D eigenvalue weighted by Gasteiger charge is 2.30. The van der Waals surface area contributed by atoms with E-state index in [1.54, 1.807) is 41.5 Å². The summed E-state index contributed by atoms with van der Waals surface area (Å²) >= 11 is 0. The Bertz CT molecular complexity index is 1060. The lowest BCUT2D eigenvalue weighted by Gasteiger charge is -2.26. The number of fused-ring (bicyclic) bond motifs is 1.